The van der Waals surface area contributed by atoms with Gasteiger partial charge in [0.15, 0.2) is 9.84 Å². The molecule has 5 heteroatoms. The fourth-order valence-electron chi connectivity index (χ4n) is 1.43. The number of hydrogen-bond acceptors (Lipinski definition) is 4. The third-order valence-corrected chi connectivity index (χ3v) is 4.36. The molecule has 1 aliphatic rings. The zero-order valence-corrected chi connectivity index (χ0v) is 9.96. The van der Waals surface area contributed by atoms with E-state index in [1.165, 1.54) is 0 Å². The lowest BCUT2D eigenvalue weighted by molar-refractivity contribution is 0.142. The first-order valence-electron chi connectivity index (χ1n) is 5.32. The van der Waals surface area contributed by atoms with Crippen molar-refractivity contribution in [3.8, 4) is 5.75 Å². The number of nitrogens with one attached hydrogen (secondary N) is 1. The Morgan fingerprint density at radius 1 is 1.31 bits per heavy atom. The zero-order valence-electron chi connectivity index (χ0n) is 9.14. The van der Waals surface area contributed by atoms with Crippen LogP contribution in [0.15, 0.2) is 29.2 Å². The molecule has 0 atom stereocenters. The van der Waals surface area contributed by atoms with E-state index < -0.39 is 9.84 Å². The summed E-state index contributed by atoms with van der Waals surface area (Å²) in [6.07, 6.45) is 0.216. The molecule has 0 aromatic heterocycles. The van der Waals surface area contributed by atoms with Crippen molar-refractivity contribution < 1.29 is 13.2 Å². The van der Waals surface area contributed by atoms with Crippen molar-refractivity contribution in [1.82, 2.24) is 5.32 Å². The van der Waals surface area contributed by atoms with E-state index in [1.54, 1.807) is 31.2 Å². The molecule has 16 heavy (non-hydrogen) atoms. The summed E-state index contributed by atoms with van der Waals surface area (Å²) in [7, 11) is -3.10. The minimum atomic E-state index is -3.10. The van der Waals surface area contributed by atoms with Crippen molar-refractivity contribution in [3.05, 3.63) is 24.3 Å². The Morgan fingerprint density at radius 3 is 2.38 bits per heavy atom. The summed E-state index contributed by atoms with van der Waals surface area (Å²) in [4.78, 5) is 0.356. The van der Waals surface area contributed by atoms with Gasteiger partial charge in [0.1, 0.15) is 11.9 Å². The maximum Gasteiger partial charge on any atom is 0.178 e. The van der Waals surface area contributed by atoms with Gasteiger partial charge < -0.3 is 10.1 Å². The number of ether oxygens (including phenoxy) is 1. The quantitative estimate of drug-likeness (QED) is 0.848. The van der Waals surface area contributed by atoms with Gasteiger partial charge in [-0.3, -0.25) is 0 Å². The predicted octanol–water partition coefficient (Wildman–Crippen LogP) is 0.831. The first-order chi connectivity index (χ1) is 7.62. The minimum absolute atomic E-state index is 0.125. The lowest BCUT2D eigenvalue weighted by Gasteiger charge is -2.27. The van der Waals surface area contributed by atoms with Crippen LogP contribution in [-0.2, 0) is 9.84 Å². The summed E-state index contributed by atoms with van der Waals surface area (Å²) < 4.78 is 28.7. The first-order valence-corrected chi connectivity index (χ1v) is 6.97. The summed E-state index contributed by atoms with van der Waals surface area (Å²) in [5.41, 5.74) is 0. The molecule has 0 aliphatic carbocycles. The molecule has 1 fully saturated rings. The Labute approximate surface area is 95.5 Å². The van der Waals surface area contributed by atoms with Crippen LogP contribution in [0, 0.1) is 0 Å². The molecule has 0 saturated carbocycles. The van der Waals surface area contributed by atoms with Gasteiger partial charge in [0, 0.05) is 13.1 Å². The highest BCUT2D eigenvalue weighted by molar-refractivity contribution is 7.91. The lowest BCUT2D eigenvalue weighted by Crippen LogP contribution is -2.50. The Hall–Kier alpha value is -1.07. The van der Waals surface area contributed by atoms with Crippen molar-refractivity contribution >= 4 is 9.84 Å². The number of sulfone groups is 1. The van der Waals surface area contributed by atoms with Crippen LogP contribution in [0.4, 0.5) is 0 Å². The molecule has 4 nitrogen and oxygen atoms in total. The fraction of sp³-hybridized carbons (Fsp3) is 0.455. The summed E-state index contributed by atoms with van der Waals surface area (Å²) in [6.45, 7) is 3.35. The summed E-state index contributed by atoms with van der Waals surface area (Å²) in [5, 5.41) is 3.11. The van der Waals surface area contributed by atoms with Crippen molar-refractivity contribution in [3.63, 3.8) is 0 Å². The van der Waals surface area contributed by atoms with Gasteiger partial charge in [-0.1, -0.05) is 6.92 Å². The average Bonchev–Trinajstić information content (AvgIpc) is 2.24. The smallest absolute Gasteiger partial charge is 0.178 e. The third kappa shape index (κ3) is 2.36. The van der Waals surface area contributed by atoms with Crippen LogP contribution in [-0.4, -0.2) is 33.4 Å². The van der Waals surface area contributed by atoms with Crippen molar-refractivity contribution in [2.75, 3.05) is 18.8 Å². The summed E-state index contributed by atoms with van der Waals surface area (Å²) in [6, 6.07) is 6.61. The minimum Gasteiger partial charge on any atom is -0.488 e. The monoisotopic (exact) mass is 241 g/mol. The van der Waals surface area contributed by atoms with E-state index in [-0.39, 0.29) is 11.9 Å². The molecule has 1 saturated heterocycles. The lowest BCUT2D eigenvalue weighted by atomic mass is 10.2. The Bertz CT molecular complexity index is 449. The third-order valence-electron chi connectivity index (χ3n) is 2.61. The SMILES string of the molecule is CCS(=O)(=O)c1ccc(OC2CNC2)cc1. The van der Waals surface area contributed by atoms with E-state index in [4.69, 9.17) is 4.74 Å². The van der Waals surface area contributed by atoms with Crippen LogP contribution in [0.5, 0.6) is 5.75 Å². The van der Waals surface area contributed by atoms with Gasteiger partial charge in [-0.2, -0.15) is 0 Å². The largest absolute Gasteiger partial charge is 0.488 e. The van der Waals surface area contributed by atoms with Gasteiger partial charge >= 0.3 is 0 Å². The van der Waals surface area contributed by atoms with Gasteiger partial charge in [-0.15, -0.1) is 0 Å². The topological polar surface area (TPSA) is 55.4 Å². The molecule has 1 heterocycles. The highest BCUT2D eigenvalue weighted by Gasteiger charge is 2.18. The molecular weight excluding hydrogens is 226 g/mol. The second-order valence-corrected chi connectivity index (χ2v) is 6.05. The van der Waals surface area contributed by atoms with Gasteiger partial charge in [-0.25, -0.2) is 8.42 Å². The predicted molar refractivity (Wildman–Crippen MR) is 61.5 cm³/mol. The van der Waals surface area contributed by atoms with E-state index >= 15 is 0 Å². The maximum atomic E-state index is 11.6. The van der Waals surface area contributed by atoms with Crippen LogP contribution in [0.25, 0.3) is 0 Å². The van der Waals surface area contributed by atoms with E-state index in [2.05, 4.69) is 5.32 Å². The second kappa shape index (κ2) is 4.43. The fourth-order valence-corrected chi connectivity index (χ4v) is 2.31. The highest BCUT2D eigenvalue weighted by Crippen LogP contribution is 2.18. The van der Waals surface area contributed by atoms with Crippen LogP contribution in [0.3, 0.4) is 0 Å². The average molecular weight is 241 g/mol. The molecule has 0 spiro atoms. The van der Waals surface area contributed by atoms with Crippen LogP contribution in [0.1, 0.15) is 6.92 Å². The summed E-state index contributed by atoms with van der Waals surface area (Å²) >= 11 is 0. The van der Waals surface area contributed by atoms with E-state index in [0.717, 1.165) is 18.8 Å². The Kier molecular flexibility index (Phi) is 3.16. The normalized spacial score (nSPS) is 16.8. The van der Waals surface area contributed by atoms with Gasteiger partial charge in [0.2, 0.25) is 0 Å². The molecule has 1 aromatic rings. The highest BCUT2D eigenvalue weighted by atomic mass is 32.2. The van der Waals surface area contributed by atoms with E-state index in [0.29, 0.717) is 4.90 Å². The molecule has 1 aliphatic heterocycles. The van der Waals surface area contributed by atoms with Gasteiger partial charge in [0.05, 0.1) is 10.6 Å². The molecule has 0 bridgehead atoms. The van der Waals surface area contributed by atoms with Crippen molar-refractivity contribution in [1.29, 1.82) is 0 Å². The molecule has 0 unspecified atom stereocenters. The first kappa shape index (κ1) is 11.4. The molecule has 1 N–H and O–H groups in total. The van der Waals surface area contributed by atoms with E-state index in [9.17, 15) is 8.42 Å². The Balaban J connectivity index is 2.09. The van der Waals surface area contributed by atoms with Gasteiger partial charge in [-0.05, 0) is 24.3 Å². The molecular formula is C11H15NO3S. The maximum absolute atomic E-state index is 11.6. The van der Waals surface area contributed by atoms with Crippen molar-refractivity contribution in [2.45, 2.75) is 17.9 Å². The van der Waals surface area contributed by atoms with Crippen LogP contribution >= 0.6 is 0 Å². The van der Waals surface area contributed by atoms with Gasteiger partial charge in [0.25, 0.3) is 0 Å². The second-order valence-electron chi connectivity index (χ2n) is 3.77. The number of hydrogen-bond donors (Lipinski definition) is 1. The summed E-state index contributed by atoms with van der Waals surface area (Å²) in [5.74, 6) is 0.848. The molecule has 1 aromatic carbocycles. The molecule has 2 rings (SSSR count). The zero-order chi connectivity index (χ0) is 11.6. The molecule has 88 valence electrons. The van der Waals surface area contributed by atoms with E-state index in [1.807, 2.05) is 0 Å². The van der Waals surface area contributed by atoms with Crippen LogP contribution in [0.2, 0.25) is 0 Å². The molecule has 0 amide bonds. The van der Waals surface area contributed by atoms with Crippen molar-refractivity contribution in [2.24, 2.45) is 0 Å². The van der Waals surface area contributed by atoms with Crippen LogP contribution < -0.4 is 10.1 Å². The standard InChI is InChI=1S/C11H15NO3S/c1-2-16(13,14)11-5-3-9(4-6-11)15-10-7-12-8-10/h3-6,10,12H,2,7-8H2,1H3. The number of rotatable bonds is 4. The number of benzene rings is 1. The molecule has 0 radical (unpaired) electrons. The Morgan fingerprint density at radius 2 is 1.94 bits per heavy atom.